The molecule has 2 heterocycles. The summed E-state index contributed by atoms with van der Waals surface area (Å²) in [5.74, 6) is 0.130. The van der Waals surface area contributed by atoms with Gasteiger partial charge in [-0.2, -0.15) is 5.10 Å². The smallest absolute Gasteiger partial charge is 0.325 e. The molecule has 2 aliphatic rings. The maximum absolute atomic E-state index is 13.2. The fourth-order valence-corrected chi connectivity index (χ4v) is 5.26. The highest BCUT2D eigenvalue weighted by atomic mass is 16.5. The van der Waals surface area contributed by atoms with Crippen LogP contribution in [-0.4, -0.2) is 56.2 Å². The van der Waals surface area contributed by atoms with Crippen LogP contribution in [0.25, 0.3) is 0 Å². The lowest BCUT2D eigenvalue weighted by Gasteiger charge is -2.43. The summed E-state index contributed by atoms with van der Waals surface area (Å²) in [6.07, 6.45) is 5.22. The molecule has 2 aromatic rings. The molecule has 1 aliphatic heterocycles. The number of hydrogen-bond donors (Lipinski definition) is 2. The highest BCUT2D eigenvalue weighted by Crippen LogP contribution is 2.46. The number of carbonyl (C=O) groups is 3. The van der Waals surface area contributed by atoms with Gasteiger partial charge in [0, 0.05) is 11.8 Å². The summed E-state index contributed by atoms with van der Waals surface area (Å²) in [7, 11) is 0. The quantitative estimate of drug-likeness (QED) is 0.621. The largest absolute Gasteiger partial charge is 0.492 e. The molecule has 2 unspecified atom stereocenters. The molecule has 0 bridgehead atoms. The van der Waals surface area contributed by atoms with Crippen LogP contribution in [0.4, 0.5) is 10.5 Å². The van der Waals surface area contributed by atoms with E-state index in [0.29, 0.717) is 43.3 Å². The third-order valence-corrected chi connectivity index (χ3v) is 6.10. The van der Waals surface area contributed by atoms with Crippen molar-refractivity contribution in [3.05, 3.63) is 36.9 Å². The summed E-state index contributed by atoms with van der Waals surface area (Å²) in [6.45, 7) is 6.91. The Hall–Kier alpha value is -3.43. The Kier molecular flexibility index (Phi) is 6.09. The number of urea groups is 1. The van der Waals surface area contributed by atoms with Gasteiger partial charge in [-0.15, -0.1) is 0 Å². The van der Waals surface area contributed by atoms with Gasteiger partial charge in [-0.05, 0) is 42.7 Å². The van der Waals surface area contributed by atoms with Crippen molar-refractivity contribution in [2.24, 2.45) is 11.3 Å². The lowest BCUT2D eigenvalue weighted by atomic mass is 9.64. The molecule has 2 N–H and O–H groups in total. The van der Waals surface area contributed by atoms with Crippen molar-refractivity contribution in [1.82, 2.24) is 25.0 Å². The molecule has 1 spiro atoms. The van der Waals surface area contributed by atoms with Gasteiger partial charge in [0.1, 0.15) is 37.1 Å². The van der Waals surface area contributed by atoms with Gasteiger partial charge >= 0.3 is 6.03 Å². The lowest BCUT2D eigenvalue weighted by molar-refractivity contribution is -0.136. The topological polar surface area (TPSA) is 118 Å². The molecule has 1 aliphatic carbocycles. The number of imide groups is 1. The SMILES string of the molecule is CC1CC(C)(C)CC2(C1)NC(=O)N(CC(=O)Nc1cccc(OCCn3cncn3)c1)C2=O. The zero-order valence-electron chi connectivity index (χ0n) is 19.2. The van der Waals surface area contributed by atoms with Gasteiger partial charge in [0.25, 0.3) is 5.91 Å². The Bertz CT molecular complexity index is 1040. The second kappa shape index (κ2) is 8.84. The van der Waals surface area contributed by atoms with Crippen LogP contribution in [0.3, 0.4) is 0 Å². The van der Waals surface area contributed by atoms with E-state index in [4.69, 9.17) is 4.74 Å². The third-order valence-electron chi connectivity index (χ3n) is 6.10. The van der Waals surface area contributed by atoms with Crippen LogP contribution < -0.4 is 15.4 Å². The Morgan fingerprint density at radius 2 is 2.12 bits per heavy atom. The van der Waals surface area contributed by atoms with Crippen LogP contribution in [0.5, 0.6) is 5.75 Å². The molecule has 0 radical (unpaired) electrons. The number of ether oxygens (including phenoxy) is 1. The monoisotopic (exact) mass is 454 g/mol. The molecule has 2 fully saturated rings. The predicted molar refractivity (Wildman–Crippen MR) is 120 cm³/mol. The number of nitrogens with one attached hydrogen (secondary N) is 2. The Morgan fingerprint density at radius 3 is 2.85 bits per heavy atom. The number of benzene rings is 1. The number of hydrogen-bond acceptors (Lipinski definition) is 6. The van der Waals surface area contributed by atoms with Crippen LogP contribution in [0, 0.1) is 11.3 Å². The molecule has 4 amide bonds. The van der Waals surface area contributed by atoms with Gasteiger partial charge in [-0.25, -0.2) is 14.5 Å². The number of carbonyl (C=O) groups excluding carboxylic acids is 3. The van der Waals surface area contributed by atoms with E-state index in [0.717, 1.165) is 11.3 Å². The van der Waals surface area contributed by atoms with Crippen molar-refractivity contribution >= 4 is 23.5 Å². The number of rotatable bonds is 7. The zero-order valence-corrected chi connectivity index (χ0v) is 19.2. The molecule has 1 aromatic heterocycles. The Balaban J connectivity index is 1.35. The first-order valence-corrected chi connectivity index (χ1v) is 11.2. The van der Waals surface area contributed by atoms with Crippen molar-refractivity contribution in [3.63, 3.8) is 0 Å². The van der Waals surface area contributed by atoms with Crippen molar-refractivity contribution in [2.75, 3.05) is 18.5 Å². The molecule has 10 heteroatoms. The fraction of sp³-hybridized carbons (Fsp3) is 0.522. The fourth-order valence-electron chi connectivity index (χ4n) is 5.26. The van der Waals surface area contributed by atoms with Crippen LogP contribution in [0.15, 0.2) is 36.9 Å². The molecule has 33 heavy (non-hydrogen) atoms. The standard InChI is InChI=1S/C23H30N6O4/c1-16-10-22(2,3)13-23(11-16)20(31)29(21(32)27-23)12-19(30)26-17-5-4-6-18(9-17)33-8-7-28-15-24-14-25-28/h4-6,9,14-16H,7-8,10-13H2,1-3H3,(H,26,30)(H,27,32). The predicted octanol–water partition coefficient (Wildman–Crippen LogP) is 2.43. The first kappa shape index (κ1) is 22.8. The van der Waals surface area contributed by atoms with E-state index in [9.17, 15) is 14.4 Å². The first-order chi connectivity index (χ1) is 15.7. The van der Waals surface area contributed by atoms with Crippen LogP contribution in [0.2, 0.25) is 0 Å². The minimum atomic E-state index is -0.920. The molecular formula is C23H30N6O4. The van der Waals surface area contributed by atoms with Gasteiger partial charge < -0.3 is 15.4 Å². The number of amides is 4. The number of nitrogens with zero attached hydrogens (tertiary/aromatic N) is 4. The average Bonchev–Trinajstić information content (AvgIpc) is 3.30. The maximum Gasteiger partial charge on any atom is 0.325 e. The normalized spacial score (nSPS) is 24.1. The molecule has 1 aromatic carbocycles. The highest BCUT2D eigenvalue weighted by Gasteiger charge is 2.56. The molecule has 1 saturated carbocycles. The lowest BCUT2D eigenvalue weighted by Crippen LogP contribution is -2.54. The first-order valence-electron chi connectivity index (χ1n) is 11.2. The second-order valence-electron chi connectivity index (χ2n) is 9.84. The average molecular weight is 455 g/mol. The van der Waals surface area contributed by atoms with Gasteiger partial charge in [0.15, 0.2) is 0 Å². The van der Waals surface area contributed by atoms with Crippen LogP contribution in [-0.2, 0) is 16.1 Å². The van der Waals surface area contributed by atoms with Crippen molar-refractivity contribution in [3.8, 4) is 5.75 Å². The number of anilines is 1. The van der Waals surface area contributed by atoms with E-state index < -0.39 is 17.5 Å². The molecule has 2 atom stereocenters. The summed E-state index contributed by atoms with van der Waals surface area (Å²) in [5.41, 5.74) is -0.462. The van der Waals surface area contributed by atoms with Crippen molar-refractivity contribution in [2.45, 2.75) is 52.1 Å². The van der Waals surface area contributed by atoms with Crippen LogP contribution in [0.1, 0.15) is 40.0 Å². The molecule has 176 valence electrons. The molecule has 4 rings (SSSR count). The number of aromatic nitrogens is 3. The van der Waals surface area contributed by atoms with E-state index in [1.54, 1.807) is 35.3 Å². The van der Waals surface area contributed by atoms with E-state index in [1.807, 2.05) is 0 Å². The van der Waals surface area contributed by atoms with Crippen LogP contribution >= 0.6 is 0 Å². The second-order valence-corrected chi connectivity index (χ2v) is 9.84. The summed E-state index contributed by atoms with van der Waals surface area (Å²) >= 11 is 0. The van der Waals surface area contributed by atoms with Gasteiger partial charge in [0.05, 0.1) is 6.54 Å². The van der Waals surface area contributed by atoms with E-state index in [1.165, 1.54) is 6.33 Å². The Labute approximate surface area is 192 Å². The van der Waals surface area contributed by atoms with E-state index in [-0.39, 0.29) is 17.9 Å². The van der Waals surface area contributed by atoms with E-state index >= 15 is 0 Å². The van der Waals surface area contributed by atoms with Crippen molar-refractivity contribution in [1.29, 1.82) is 0 Å². The third kappa shape index (κ3) is 5.15. The molecular weight excluding hydrogens is 424 g/mol. The van der Waals surface area contributed by atoms with E-state index in [2.05, 4.69) is 41.5 Å². The van der Waals surface area contributed by atoms with Gasteiger partial charge in [-0.1, -0.05) is 26.8 Å². The highest BCUT2D eigenvalue weighted by molar-refractivity contribution is 6.10. The maximum atomic E-state index is 13.2. The molecule has 10 nitrogen and oxygen atoms in total. The molecule has 1 saturated heterocycles. The summed E-state index contributed by atoms with van der Waals surface area (Å²) in [6, 6.07) is 6.45. The van der Waals surface area contributed by atoms with Gasteiger partial charge in [-0.3, -0.25) is 14.5 Å². The summed E-state index contributed by atoms with van der Waals surface area (Å²) < 4.78 is 7.36. The zero-order chi connectivity index (χ0) is 23.6. The minimum Gasteiger partial charge on any atom is -0.492 e. The van der Waals surface area contributed by atoms with Crippen molar-refractivity contribution < 1.29 is 19.1 Å². The minimum absolute atomic E-state index is 0.0623. The summed E-state index contributed by atoms with van der Waals surface area (Å²) in [4.78, 5) is 43.4. The van der Waals surface area contributed by atoms with Gasteiger partial charge in [0.2, 0.25) is 5.91 Å². The summed E-state index contributed by atoms with van der Waals surface area (Å²) in [5, 5.41) is 9.66. The Morgan fingerprint density at radius 1 is 1.30 bits per heavy atom.